The average molecular weight is 379 g/mol. The van der Waals surface area contributed by atoms with Gasteiger partial charge >= 0.3 is 0 Å². The van der Waals surface area contributed by atoms with Gasteiger partial charge in [0.1, 0.15) is 0 Å². The van der Waals surface area contributed by atoms with Gasteiger partial charge in [-0.2, -0.15) is 0 Å². The first-order valence-electron chi connectivity index (χ1n) is 10.5. The molecule has 148 valence electrons. The van der Waals surface area contributed by atoms with Crippen molar-refractivity contribution in [2.24, 2.45) is 0 Å². The molecule has 2 N–H and O–H groups in total. The summed E-state index contributed by atoms with van der Waals surface area (Å²) in [7, 11) is 0. The third-order valence-electron chi connectivity index (χ3n) is 5.98. The molecule has 1 aromatic carbocycles. The van der Waals surface area contributed by atoms with Gasteiger partial charge in [-0.15, -0.1) is 0 Å². The molecular formula is C23H30N4O. The van der Waals surface area contributed by atoms with E-state index in [-0.39, 0.29) is 11.9 Å². The largest absolute Gasteiger partial charge is 0.349 e. The summed E-state index contributed by atoms with van der Waals surface area (Å²) in [6.45, 7) is 5.05. The van der Waals surface area contributed by atoms with Crippen LogP contribution in [-0.2, 0) is 6.54 Å². The Bertz CT molecular complexity index is 748. The van der Waals surface area contributed by atoms with E-state index in [0.29, 0.717) is 5.92 Å². The molecule has 3 heterocycles. The van der Waals surface area contributed by atoms with Gasteiger partial charge in [0.15, 0.2) is 0 Å². The van der Waals surface area contributed by atoms with Gasteiger partial charge in [0.05, 0.1) is 5.69 Å². The Hall–Kier alpha value is -2.24. The molecular weight excluding hydrogens is 348 g/mol. The minimum atomic E-state index is 0.0523. The fourth-order valence-corrected chi connectivity index (χ4v) is 4.27. The third-order valence-corrected chi connectivity index (χ3v) is 5.98. The van der Waals surface area contributed by atoms with E-state index >= 15 is 0 Å². The Morgan fingerprint density at radius 2 is 1.93 bits per heavy atom. The summed E-state index contributed by atoms with van der Waals surface area (Å²) < 4.78 is 0. The zero-order valence-corrected chi connectivity index (χ0v) is 16.4. The third kappa shape index (κ3) is 4.97. The highest BCUT2D eigenvalue weighted by atomic mass is 16.1. The van der Waals surface area contributed by atoms with E-state index < -0.39 is 0 Å². The number of amides is 1. The van der Waals surface area contributed by atoms with E-state index in [2.05, 4.69) is 38.7 Å². The predicted molar refractivity (Wildman–Crippen MR) is 111 cm³/mol. The topological polar surface area (TPSA) is 57.3 Å². The van der Waals surface area contributed by atoms with Crippen molar-refractivity contribution < 1.29 is 4.79 Å². The molecule has 2 fully saturated rings. The van der Waals surface area contributed by atoms with E-state index in [1.807, 2.05) is 30.5 Å². The van der Waals surface area contributed by atoms with Crippen LogP contribution in [0.15, 0.2) is 48.7 Å². The molecule has 2 aliphatic rings. The fourth-order valence-electron chi connectivity index (χ4n) is 4.27. The van der Waals surface area contributed by atoms with Crippen LogP contribution < -0.4 is 10.6 Å². The second-order valence-corrected chi connectivity index (χ2v) is 8.01. The number of hydrogen-bond donors (Lipinski definition) is 2. The van der Waals surface area contributed by atoms with Crippen LogP contribution in [0.25, 0.3) is 0 Å². The summed E-state index contributed by atoms with van der Waals surface area (Å²) in [4.78, 5) is 19.4. The zero-order chi connectivity index (χ0) is 19.2. The number of carbonyl (C=O) groups excluding carboxylic acids is 1. The van der Waals surface area contributed by atoms with Gasteiger partial charge in [-0.05, 0) is 68.0 Å². The molecule has 0 aliphatic carbocycles. The van der Waals surface area contributed by atoms with E-state index in [9.17, 15) is 4.79 Å². The van der Waals surface area contributed by atoms with E-state index in [4.69, 9.17) is 0 Å². The Balaban J connectivity index is 1.25. The Morgan fingerprint density at radius 3 is 2.61 bits per heavy atom. The van der Waals surface area contributed by atoms with Crippen LogP contribution in [0.5, 0.6) is 0 Å². The van der Waals surface area contributed by atoms with Crippen molar-refractivity contribution in [3.05, 3.63) is 65.5 Å². The zero-order valence-electron chi connectivity index (χ0n) is 16.4. The van der Waals surface area contributed by atoms with Crippen molar-refractivity contribution in [2.75, 3.05) is 26.2 Å². The summed E-state index contributed by atoms with van der Waals surface area (Å²) >= 11 is 0. The molecule has 2 aromatic rings. The number of nitrogens with zero attached hydrogens (tertiary/aromatic N) is 2. The lowest BCUT2D eigenvalue weighted by atomic mass is 9.91. The van der Waals surface area contributed by atoms with Crippen LogP contribution in [0.2, 0.25) is 0 Å². The van der Waals surface area contributed by atoms with Crippen LogP contribution >= 0.6 is 0 Å². The molecule has 2 saturated heterocycles. The molecule has 0 spiro atoms. The van der Waals surface area contributed by atoms with Gasteiger partial charge in [-0.25, -0.2) is 0 Å². The lowest BCUT2D eigenvalue weighted by Crippen LogP contribution is -2.44. The maximum atomic E-state index is 12.6. The lowest BCUT2D eigenvalue weighted by Gasteiger charge is -2.32. The number of pyridine rings is 1. The first kappa shape index (κ1) is 19.1. The smallest absolute Gasteiger partial charge is 0.251 e. The number of aromatic nitrogens is 1. The Labute approximate surface area is 167 Å². The maximum absolute atomic E-state index is 12.6. The number of benzene rings is 1. The highest BCUT2D eigenvalue weighted by molar-refractivity contribution is 5.94. The van der Waals surface area contributed by atoms with Crippen molar-refractivity contribution >= 4 is 5.91 Å². The Morgan fingerprint density at radius 1 is 1.11 bits per heavy atom. The van der Waals surface area contributed by atoms with Gasteiger partial charge < -0.3 is 10.6 Å². The minimum absolute atomic E-state index is 0.0523. The molecule has 2 aliphatic heterocycles. The molecule has 1 atom stereocenters. The minimum Gasteiger partial charge on any atom is -0.349 e. The maximum Gasteiger partial charge on any atom is 0.251 e. The molecule has 5 heteroatoms. The van der Waals surface area contributed by atoms with Gasteiger partial charge in [-0.1, -0.05) is 18.2 Å². The van der Waals surface area contributed by atoms with Crippen LogP contribution in [0.3, 0.4) is 0 Å². The number of carbonyl (C=O) groups is 1. The molecule has 0 radical (unpaired) electrons. The molecule has 1 aromatic heterocycles. The predicted octanol–water partition coefficient (Wildman–Crippen LogP) is 2.94. The second kappa shape index (κ2) is 9.30. The molecule has 1 amide bonds. The first-order chi connectivity index (χ1) is 13.8. The van der Waals surface area contributed by atoms with Crippen molar-refractivity contribution in [1.82, 2.24) is 20.5 Å². The van der Waals surface area contributed by atoms with Crippen LogP contribution in [0.1, 0.15) is 53.2 Å². The summed E-state index contributed by atoms with van der Waals surface area (Å²) in [6, 6.07) is 14.5. The van der Waals surface area contributed by atoms with E-state index in [0.717, 1.165) is 56.8 Å². The lowest BCUT2D eigenvalue weighted by molar-refractivity contribution is 0.0908. The number of hydrogen-bond acceptors (Lipinski definition) is 4. The van der Waals surface area contributed by atoms with Gasteiger partial charge in [0.2, 0.25) is 0 Å². The molecule has 5 nitrogen and oxygen atoms in total. The standard InChI is InChI=1S/C23H30N4O/c28-23(19-8-6-18(7-9-19)20-4-3-12-24-16-20)26-21-10-14-27(15-11-21)17-22-5-1-2-13-25-22/h1-2,5-9,13,20-21,24H,3-4,10-12,14-17H2,(H,26,28). The highest BCUT2D eigenvalue weighted by Gasteiger charge is 2.22. The van der Waals surface area contributed by atoms with Gasteiger partial charge in [-0.3, -0.25) is 14.7 Å². The monoisotopic (exact) mass is 378 g/mol. The fraction of sp³-hybridized carbons (Fsp3) is 0.478. The van der Waals surface area contributed by atoms with Crippen LogP contribution in [0, 0.1) is 0 Å². The average Bonchev–Trinajstić information content (AvgIpc) is 2.76. The number of rotatable bonds is 5. The number of piperidine rings is 2. The normalized spacial score (nSPS) is 21.4. The van der Waals surface area contributed by atoms with E-state index in [1.54, 1.807) is 0 Å². The molecule has 0 saturated carbocycles. The molecule has 1 unspecified atom stereocenters. The molecule has 28 heavy (non-hydrogen) atoms. The van der Waals surface area contributed by atoms with Crippen molar-refractivity contribution in [3.8, 4) is 0 Å². The van der Waals surface area contributed by atoms with Gasteiger partial charge in [0, 0.05) is 44.0 Å². The Kier molecular flexibility index (Phi) is 6.34. The summed E-state index contributed by atoms with van der Waals surface area (Å²) in [5.41, 5.74) is 3.22. The summed E-state index contributed by atoms with van der Waals surface area (Å²) in [5.74, 6) is 0.630. The van der Waals surface area contributed by atoms with Crippen molar-refractivity contribution in [1.29, 1.82) is 0 Å². The molecule has 4 rings (SSSR count). The summed E-state index contributed by atoms with van der Waals surface area (Å²) in [5, 5.41) is 6.68. The quantitative estimate of drug-likeness (QED) is 0.840. The second-order valence-electron chi connectivity index (χ2n) is 8.01. The van der Waals surface area contributed by atoms with Crippen molar-refractivity contribution in [3.63, 3.8) is 0 Å². The first-order valence-corrected chi connectivity index (χ1v) is 10.5. The van der Waals surface area contributed by atoms with Crippen molar-refractivity contribution in [2.45, 2.75) is 44.2 Å². The summed E-state index contributed by atoms with van der Waals surface area (Å²) in [6.07, 6.45) is 6.29. The number of likely N-dealkylation sites (tertiary alicyclic amines) is 1. The molecule has 0 bridgehead atoms. The number of nitrogens with one attached hydrogen (secondary N) is 2. The van der Waals surface area contributed by atoms with E-state index in [1.165, 1.54) is 18.4 Å². The van der Waals surface area contributed by atoms with Crippen LogP contribution in [-0.4, -0.2) is 48.0 Å². The SMILES string of the molecule is O=C(NC1CCN(Cc2ccccn2)CC1)c1ccc(C2CCCNC2)cc1. The van der Waals surface area contributed by atoms with Crippen LogP contribution in [0.4, 0.5) is 0 Å². The highest BCUT2D eigenvalue weighted by Crippen LogP contribution is 2.23. The van der Waals surface area contributed by atoms with Gasteiger partial charge in [0.25, 0.3) is 5.91 Å².